The van der Waals surface area contributed by atoms with Crippen LogP contribution in [0.4, 0.5) is 0 Å². The maximum atomic E-state index is 12.3. The van der Waals surface area contributed by atoms with Crippen molar-refractivity contribution in [3.63, 3.8) is 0 Å². The van der Waals surface area contributed by atoms with E-state index in [0.29, 0.717) is 25.3 Å². The Bertz CT molecular complexity index is 1200. The number of rotatable bonds is 9. The Morgan fingerprint density at radius 1 is 1.09 bits per heavy atom. The van der Waals surface area contributed by atoms with Crippen molar-refractivity contribution >= 4 is 11.3 Å². The van der Waals surface area contributed by atoms with E-state index in [1.165, 1.54) is 21.8 Å². The molecule has 8 heteroatoms. The molecule has 1 aliphatic rings. The van der Waals surface area contributed by atoms with Crippen LogP contribution in [0.5, 0.6) is 11.5 Å². The van der Waals surface area contributed by atoms with Gasteiger partial charge < -0.3 is 14.0 Å². The molecule has 174 valence electrons. The minimum atomic E-state index is -2.05. The Labute approximate surface area is 195 Å². The molecule has 7 nitrogen and oxygen atoms in total. The van der Waals surface area contributed by atoms with E-state index in [-0.39, 0.29) is 11.7 Å². The molecule has 0 saturated carbocycles. The van der Waals surface area contributed by atoms with Crippen molar-refractivity contribution in [3.05, 3.63) is 81.8 Å². The molecule has 1 unspecified atom stereocenters. The number of hydrogen-bond acceptors (Lipinski definition) is 4. The highest BCUT2D eigenvalue weighted by atomic mass is 32.2. The van der Waals surface area contributed by atoms with Gasteiger partial charge in [0, 0.05) is 49.8 Å². The molecule has 1 aliphatic carbocycles. The van der Waals surface area contributed by atoms with Gasteiger partial charge in [0.1, 0.15) is 17.6 Å². The maximum absolute atomic E-state index is 12.3. The van der Waals surface area contributed by atoms with Gasteiger partial charge in [-0.25, -0.2) is 8.93 Å². The van der Waals surface area contributed by atoms with E-state index in [2.05, 4.69) is 16.9 Å². The van der Waals surface area contributed by atoms with Crippen molar-refractivity contribution < 1.29 is 18.2 Å². The summed E-state index contributed by atoms with van der Waals surface area (Å²) in [5.41, 5.74) is 5.03. The van der Waals surface area contributed by atoms with Gasteiger partial charge in [-0.05, 0) is 42.2 Å². The average molecular weight is 469 g/mol. The van der Waals surface area contributed by atoms with Crippen LogP contribution in [-0.2, 0) is 37.6 Å². The van der Waals surface area contributed by atoms with Crippen LogP contribution in [-0.4, -0.2) is 32.6 Å². The topological polar surface area (TPSA) is 89.8 Å². The summed E-state index contributed by atoms with van der Waals surface area (Å²) in [5, 5.41) is 0. The third-order valence-corrected chi connectivity index (χ3v) is 6.22. The quantitative estimate of drug-likeness (QED) is 0.471. The van der Waals surface area contributed by atoms with Crippen LogP contribution in [0.2, 0.25) is 0 Å². The van der Waals surface area contributed by atoms with Crippen LogP contribution in [0.3, 0.4) is 0 Å². The number of fused-ring (bicyclic) bond motifs is 1. The summed E-state index contributed by atoms with van der Waals surface area (Å²) < 4.78 is 36.3. The number of hydrogen-bond donors (Lipinski definition) is 2. The molecule has 33 heavy (non-hydrogen) atoms. The second-order valence-electron chi connectivity index (χ2n) is 8.07. The Kier molecular flexibility index (Phi) is 7.27. The van der Waals surface area contributed by atoms with Crippen LogP contribution in [0, 0.1) is 0 Å². The maximum Gasteiger partial charge on any atom is 0.254 e. The third kappa shape index (κ3) is 5.52. The zero-order chi connectivity index (χ0) is 23.4. The number of nitrogens with one attached hydrogen (secondary N) is 1. The van der Waals surface area contributed by atoms with E-state index in [1.54, 1.807) is 13.2 Å². The molecule has 0 aliphatic heterocycles. The predicted molar refractivity (Wildman–Crippen MR) is 129 cm³/mol. The Balaban J connectivity index is 1.70. The molecule has 0 spiro atoms. The van der Waals surface area contributed by atoms with Gasteiger partial charge in [0.15, 0.2) is 0 Å². The molecular weight excluding hydrogens is 440 g/mol. The van der Waals surface area contributed by atoms with Crippen molar-refractivity contribution in [2.24, 2.45) is 7.05 Å². The first-order valence-electron chi connectivity index (χ1n) is 11.0. The normalized spacial score (nSPS) is 14.2. The van der Waals surface area contributed by atoms with Gasteiger partial charge in [-0.15, -0.1) is 0 Å². The number of ether oxygens (including phenoxy) is 2. The summed E-state index contributed by atoms with van der Waals surface area (Å²) in [5.74, 6) is 1.22. The lowest BCUT2D eigenvalue weighted by atomic mass is 10.0. The van der Waals surface area contributed by atoms with Crippen molar-refractivity contribution in [2.75, 3.05) is 13.2 Å². The van der Waals surface area contributed by atoms with E-state index in [1.807, 2.05) is 37.3 Å². The molecule has 0 amide bonds. The third-order valence-electron chi connectivity index (χ3n) is 5.77. The monoisotopic (exact) mass is 468 g/mol. The molecule has 2 N–H and O–H groups in total. The van der Waals surface area contributed by atoms with Crippen LogP contribution in [0.15, 0.2) is 59.5 Å². The lowest BCUT2D eigenvalue weighted by Crippen LogP contribution is -2.19. The summed E-state index contributed by atoms with van der Waals surface area (Å²) in [6, 6.07) is 15.8. The highest BCUT2D eigenvalue weighted by Gasteiger charge is 2.24. The molecule has 0 fully saturated rings. The Morgan fingerprint density at radius 3 is 2.48 bits per heavy atom. The largest absolute Gasteiger partial charge is 0.493 e. The highest BCUT2D eigenvalue weighted by molar-refractivity contribution is 7.77. The summed E-state index contributed by atoms with van der Waals surface area (Å²) >= 11 is -2.05. The second kappa shape index (κ2) is 10.3. The van der Waals surface area contributed by atoms with Crippen LogP contribution >= 0.6 is 0 Å². The number of benzene rings is 2. The predicted octanol–water partition coefficient (Wildman–Crippen LogP) is 3.27. The number of aryl methyl sites for hydroxylation is 1. The zero-order valence-electron chi connectivity index (χ0n) is 18.7. The van der Waals surface area contributed by atoms with Gasteiger partial charge in [0.2, 0.25) is 11.3 Å². The fourth-order valence-corrected chi connectivity index (χ4v) is 4.48. The molecule has 1 atom stereocenters. The van der Waals surface area contributed by atoms with Gasteiger partial charge >= 0.3 is 0 Å². The molecular formula is C25H28N2O5S. The van der Waals surface area contributed by atoms with Crippen molar-refractivity contribution in [1.82, 2.24) is 9.29 Å². The van der Waals surface area contributed by atoms with Gasteiger partial charge in [-0.1, -0.05) is 30.3 Å². The highest BCUT2D eigenvalue weighted by Crippen LogP contribution is 2.38. The van der Waals surface area contributed by atoms with Crippen molar-refractivity contribution in [3.8, 4) is 22.6 Å². The number of nitrogens with zero attached hydrogens (tertiary/aromatic N) is 1. The summed E-state index contributed by atoms with van der Waals surface area (Å²) in [4.78, 5) is 12.3. The van der Waals surface area contributed by atoms with Gasteiger partial charge in [-0.3, -0.25) is 9.35 Å². The Morgan fingerprint density at radius 2 is 1.82 bits per heavy atom. The van der Waals surface area contributed by atoms with E-state index >= 15 is 0 Å². The smallest absolute Gasteiger partial charge is 0.254 e. The fraction of sp³-hybridized carbons (Fsp3) is 0.320. The first-order valence-corrected chi connectivity index (χ1v) is 12.1. The van der Waals surface area contributed by atoms with Gasteiger partial charge in [0.05, 0.1) is 6.61 Å². The zero-order valence-corrected chi connectivity index (χ0v) is 19.6. The summed E-state index contributed by atoms with van der Waals surface area (Å²) in [7, 11) is 1.71. The SMILES string of the molecule is CCOc1cc(=O)n(C)cc1-c1cc(CCNS(=O)O)ccc1OC1Cc2ccccc2C1. The standard InChI is InChI=1S/C25H28N2O5S/c1-3-31-24-15-25(28)27(2)16-22(24)21-12-17(10-11-26-33(29)30)8-9-23(21)32-20-13-18-6-4-5-7-19(18)14-20/h4-9,12,15-16,20,26H,3,10-11,13-14H2,1-2H3,(H,29,30). The minimum absolute atomic E-state index is 0.0218. The van der Waals surface area contributed by atoms with Crippen molar-refractivity contribution in [1.29, 1.82) is 0 Å². The molecule has 2 aromatic carbocycles. The molecule has 1 aromatic heterocycles. The fourth-order valence-electron chi connectivity index (χ4n) is 4.20. The number of pyridine rings is 1. The first kappa shape index (κ1) is 23.2. The van der Waals surface area contributed by atoms with Crippen LogP contribution in [0.25, 0.3) is 11.1 Å². The van der Waals surface area contributed by atoms with E-state index in [4.69, 9.17) is 14.0 Å². The number of aromatic nitrogens is 1. The van der Waals surface area contributed by atoms with Crippen LogP contribution in [0.1, 0.15) is 23.6 Å². The molecule has 0 saturated heterocycles. The van der Waals surface area contributed by atoms with E-state index < -0.39 is 11.3 Å². The molecule has 0 radical (unpaired) electrons. The lowest BCUT2D eigenvalue weighted by molar-refractivity contribution is 0.214. The second-order valence-corrected chi connectivity index (χ2v) is 8.86. The average Bonchev–Trinajstić information content (AvgIpc) is 3.19. The van der Waals surface area contributed by atoms with E-state index in [0.717, 1.165) is 35.3 Å². The minimum Gasteiger partial charge on any atom is -0.493 e. The lowest BCUT2D eigenvalue weighted by Gasteiger charge is -2.20. The molecule has 3 aromatic rings. The van der Waals surface area contributed by atoms with Gasteiger partial charge in [0.25, 0.3) is 5.56 Å². The van der Waals surface area contributed by atoms with Crippen LogP contribution < -0.4 is 19.8 Å². The van der Waals surface area contributed by atoms with E-state index in [9.17, 15) is 9.00 Å². The van der Waals surface area contributed by atoms with Gasteiger partial charge in [-0.2, -0.15) is 0 Å². The van der Waals surface area contributed by atoms with Crippen molar-refractivity contribution in [2.45, 2.75) is 32.3 Å². The summed E-state index contributed by atoms with van der Waals surface area (Å²) in [6.45, 7) is 2.66. The molecule has 4 rings (SSSR count). The summed E-state index contributed by atoms with van der Waals surface area (Å²) in [6.07, 6.45) is 4.03. The first-order chi connectivity index (χ1) is 15.9. The Hall–Kier alpha value is -2.94. The molecule has 0 bridgehead atoms. The molecule has 1 heterocycles.